The van der Waals surface area contributed by atoms with Gasteiger partial charge in [0, 0.05) is 60.4 Å². The molecule has 31 heavy (non-hydrogen) atoms. The van der Waals surface area contributed by atoms with E-state index in [0.29, 0.717) is 40.8 Å². The average molecular weight is 437 g/mol. The number of carbonyl (C=O) groups is 1. The highest BCUT2D eigenvalue weighted by Crippen LogP contribution is 2.27. The van der Waals surface area contributed by atoms with Gasteiger partial charge in [0.25, 0.3) is 5.91 Å². The number of aromatic nitrogens is 5. The normalized spacial score (nSPS) is 14.2. The van der Waals surface area contributed by atoms with Gasteiger partial charge in [0.1, 0.15) is 0 Å². The summed E-state index contributed by atoms with van der Waals surface area (Å²) in [6.45, 7) is 4.86. The van der Waals surface area contributed by atoms with Gasteiger partial charge >= 0.3 is 0 Å². The van der Waals surface area contributed by atoms with Gasteiger partial charge < -0.3 is 15.5 Å². The SMILES string of the molecule is Cc1cn2c(-c3cn[nH]c3)cnc2c(Nc2cc(Cl)cc(C(=O)N3CCNCC3)c2)n1. The lowest BCUT2D eigenvalue weighted by Gasteiger charge is -2.27. The predicted octanol–water partition coefficient (Wildman–Crippen LogP) is 2.87. The molecule has 3 N–H and O–H groups in total. The van der Waals surface area contributed by atoms with Gasteiger partial charge in [0.15, 0.2) is 11.5 Å². The molecule has 0 saturated carbocycles. The van der Waals surface area contributed by atoms with Crippen LogP contribution in [0.25, 0.3) is 16.9 Å². The van der Waals surface area contributed by atoms with Crippen LogP contribution in [0.3, 0.4) is 0 Å². The average Bonchev–Trinajstić information content (AvgIpc) is 3.43. The molecule has 9 nitrogen and oxygen atoms in total. The Morgan fingerprint density at radius 3 is 2.81 bits per heavy atom. The summed E-state index contributed by atoms with van der Waals surface area (Å²) in [7, 11) is 0. The van der Waals surface area contributed by atoms with Crippen molar-refractivity contribution in [2.45, 2.75) is 6.92 Å². The number of nitrogens with zero attached hydrogens (tertiary/aromatic N) is 5. The molecule has 1 aromatic carbocycles. The predicted molar refractivity (Wildman–Crippen MR) is 119 cm³/mol. The molecular weight excluding hydrogens is 416 g/mol. The number of hydrogen-bond donors (Lipinski definition) is 3. The van der Waals surface area contributed by atoms with Gasteiger partial charge in [-0.25, -0.2) is 9.97 Å². The third-order valence-electron chi connectivity index (χ3n) is 5.22. The number of imidazole rings is 1. The summed E-state index contributed by atoms with van der Waals surface area (Å²) in [4.78, 5) is 23.9. The molecule has 5 rings (SSSR count). The molecule has 4 heterocycles. The van der Waals surface area contributed by atoms with Gasteiger partial charge in [-0.2, -0.15) is 5.10 Å². The summed E-state index contributed by atoms with van der Waals surface area (Å²) in [5.74, 6) is 0.551. The Balaban J connectivity index is 1.50. The Bertz CT molecular complexity index is 1240. The van der Waals surface area contributed by atoms with E-state index in [1.807, 2.05) is 28.6 Å². The Morgan fingerprint density at radius 2 is 2.03 bits per heavy atom. The van der Waals surface area contributed by atoms with E-state index in [4.69, 9.17) is 11.6 Å². The lowest BCUT2D eigenvalue weighted by Crippen LogP contribution is -2.46. The number of fused-ring (bicyclic) bond motifs is 1. The van der Waals surface area contributed by atoms with Crippen molar-refractivity contribution in [2.24, 2.45) is 0 Å². The number of piperazine rings is 1. The number of rotatable bonds is 4. The highest BCUT2D eigenvalue weighted by Gasteiger charge is 2.19. The highest BCUT2D eigenvalue weighted by atomic mass is 35.5. The molecule has 0 aliphatic carbocycles. The summed E-state index contributed by atoms with van der Waals surface area (Å²) in [5, 5.41) is 13.9. The van der Waals surface area contributed by atoms with E-state index in [2.05, 4.69) is 30.8 Å². The van der Waals surface area contributed by atoms with Gasteiger partial charge in [0.05, 0.1) is 23.8 Å². The second-order valence-electron chi connectivity index (χ2n) is 7.45. The molecule has 0 radical (unpaired) electrons. The molecule has 1 fully saturated rings. The number of carbonyl (C=O) groups excluding carboxylic acids is 1. The molecule has 4 aromatic rings. The smallest absolute Gasteiger partial charge is 0.254 e. The standard InChI is InChI=1S/C21H21ClN8O/c1-13-12-30-18(15-9-25-26-10-15)11-24-20(30)19(27-13)28-17-7-14(6-16(22)8-17)21(31)29-4-2-23-3-5-29/h6-12,23H,2-5H2,1H3,(H,25,26)(H,27,28). The number of nitrogens with one attached hydrogen (secondary N) is 3. The van der Waals surface area contributed by atoms with E-state index in [1.165, 1.54) is 0 Å². The summed E-state index contributed by atoms with van der Waals surface area (Å²) >= 11 is 6.35. The quantitative estimate of drug-likeness (QED) is 0.454. The van der Waals surface area contributed by atoms with E-state index in [-0.39, 0.29) is 5.91 Å². The van der Waals surface area contributed by atoms with Gasteiger partial charge in [-0.15, -0.1) is 0 Å². The fraction of sp³-hybridized carbons (Fsp3) is 0.238. The Hall–Kier alpha value is -3.43. The van der Waals surface area contributed by atoms with Gasteiger partial charge in [-0.3, -0.25) is 14.3 Å². The monoisotopic (exact) mass is 436 g/mol. The van der Waals surface area contributed by atoms with Crippen molar-refractivity contribution in [3.63, 3.8) is 0 Å². The lowest BCUT2D eigenvalue weighted by atomic mass is 10.1. The number of anilines is 2. The zero-order valence-corrected chi connectivity index (χ0v) is 17.6. The molecule has 1 aliphatic heterocycles. The number of aryl methyl sites for hydroxylation is 1. The number of benzene rings is 1. The molecule has 10 heteroatoms. The van der Waals surface area contributed by atoms with Crippen molar-refractivity contribution in [1.29, 1.82) is 0 Å². The number of amides is 1. The lowest BCUT2D eigenvalue weighted by molar-refractivity contribution is 0.0736. The van der Waals surface area contributed by atoms with Crippen LogP contribution in [0.2, 0.25) is 5.02 Å². The number of hydrogen-bond acceptors (Lipinski definition) is 6. The maximum Gasteiger partial charge on any atom is 0.254 e. The van der Waals surface area contributed by atoms with Crippen LogP contribution in [0.1, 0.15) is 16.1 Å². The van der Waals surface area contributed by atoms with Crippen molar-refractivity contribution in [3.05, 3.63) is 59.3 Å². The third-order valence-corrected chi connectivity index (χ3v) is 5.44. The molecule has 0 bridgehead atoms. The minimum absolute atomic E-state index is 0.0301. The van der Waals surface area contributed by atoms with Crippen LogP contribution >= 0.6 is 11.6 Å². The Kier molecular flexibility index (Phi) is 5.05. The van der Waals surface area contributed by atoms with Crippen molar-refractivity contribution < 1.29 is 4.79 Å². The van der Waals surface area contributed by atoms with Crippen LogP contribution in [0, 0.1) is 6.92 Å². The first-order chi connectivity index (χ1) is 15.1. The highest BCUT2D eigenvalue weighted by molar-refractivity contribution is 6.31. The third kappa shape index (κ3) is 3.85. The van der Waals surface area contributed by atoms with Crippen LogP contribution in [0.5, 0.6) is 0 Å². The molecule has 0 atom stereocenters. The fourth-order valence-electron chi connectivity index (χ4n) is 3.77. The summed E-state index contributed by atoms with van der Waals surface area (Å²) < 4.78 is 1.97. The summed E-state index contributed by atoms with van der Waals surface area (Å²) in [6, 6.07) is 5.27. The second-order valence-corrected chi connectivity index (χ2v) is 7.89. The molecular formula is C21H21ClN8O. The Morgan fingerprint density at radius 1 is 1.19 bits per heavy atom. The van der Waals surface area contributed by atoms with Crippen LogP contribution < -0.4 is 10.6 Å². The van der Waals surface area contributed by atoms with Crippen LogP contribution in [-0.4, -0.2) is 61.6 Å². The molecule has 0 unspecified atom stereocenters. The molecule has 158 valence electrons. The summed E-state index contributed by atoms with van der Waals surface area (Å²) in [6.07, 6.45) is 7.27. The Labute approximate surface area is 183 Å². The minimum Gasteiger partial charge on any atom is -0.337 e. The maximum atomic E-state index is 12.9. The number of aromatic amines is 1. The zero-order chi connectivity index (χ0) is 21.4. The molecule has 1 aliphatic rings. The van der Waals surface area contributed by atoms with E-state index in [0.717, 1.165) is 30.0 Å². The van der Waals surface area contributed by atoms with Crippen molar-refractivity contribution in [1.82, 2.24) is 34.8 Å². The number of H-pyrrole nitrogens is 1. The van der Waals surface area contributed by atoms with Crippen LogP contribution in [0.4, 0.5) is 11.5 Å². The topological polar surface area (TPSA) is 103 Å². The first kappa shape index (κ1) is 19.5. The first-order valence-electron chi connectivity index (χ1n) is 10.00. The van der Waals surface area contributed by atoms with Crippen LogP contribution in [-0.2, 0) is 0 Å². The molecule has 1 amide bonds. The zero-order valence-electron chi connectivity index (χ0n) is 16.9. The van der Waals surface area contributed by atoms with E-state index in [1.54, 1.807) is 30.6 Å². The number of halogens is 1. The molecule has 0 spiro atoms. The largest absolute Gasteiger partial charge is 0.337 e. The molecule has 1 saturated heterocycles. The van der Waals surface area contributed by atoms with Gasteiger partial charge in [0.2, 0.25) is 0 Å². The van der Waals surface area contributed by atoms with Crippen molar-refractivity contribution in [3.8, 4) is 11.3 Å². The first-order valence-corrected chi connectivity index (χ1v) is 10.4. The van der Waals surface area contributed by atoms with Crippen molar-refractivity contribution >= 4 is 34.7 Å². The van der Waals surface area contributed by atoms with Gasteiger partial charge in [-0.1, -0.05) is 11.6 Å². The molecule has 3 aromatic heterocycles. The maximum absolute atomic E-state index is 12.9. The van der Waals surface area contributed by atoms with Gasteiger partial charge in [-0.05, 0) is 25.1 Å². The summed E-state index contributed by atoms with van der Waals surface area (Å²) in [5.41, 5.74) is 4.53. The van der Waals surface area contributed by atoms with E-state index < -0.39 is 0 Å². The minimum atomic E-state index is -0.0301. The van der Waals surface area contributed by atoms with E-state index >= 15 is 0 Å². The fourth-order valence-corrected chi connectivity index (χ4v) is 4.00. The second kappa shape index (κ2) is 8.01. The van der Waals surface area contributed by atoms with E-state index in [9.17, 15) is 4.79 Å². The van der Waals surface area contributed by atoms with Crippen molar-refractivity contribution in [2.75, 3.05) is 31.5 Å². The van der Waals surface area contributed by atoms with Crippen LogP contribution in [0.15, 0.2) is 43.0 Å².